The minimum atomic E-state index is -1.91. The van der Waals surface area contributed by atoms with Gasteiger partial charge in [-0.05, 0) is 24.6 Å². The van der Waals surface area contributed by atoms with E-state index in [1.54, 1.807) is 6.08 Å². The van der Waals surface area contributed by atoms with E-state index in [4.69, 9.17) is 14.3 Å². The maximum atomic E-state index is 11.4. The average Bonchev–Trinajstić information content (AvgIpc) is 2.27. The number of esters is 1. The van der Waals surface area contributed by atoms with E-state index in [0.29, 0.717) is 6.42 Å². The van der Waals surface area contributed by atoms with Gasteiger partial charge in [0.05, 0.1) is 26.2 Å². The summed E-state index contributed by atoms with van der Waals surface area (Å²) < 4.78 is 10.9. The van der Waals surface area contributed by atoms with Crippen LogP contribution < -0.4 is 0 Å². The first-order valence-electron chi connectivity index (χ1n) is 6.64. The molecule has 1 atom stereocenters. The van der Waals surface area contributed by atoms with Gasteiger partial charge in [-0.25, -0.2) is 0 Å². The Morgan fingerprint density at radius 1 is 1.32 bits per heavy atom. The van der Waals surface area contributed by atoms with Crippen molar-refractivity contribution in [2.45, 2.75) is 57.8 Å². The van der Waals surface area contributed by atoms with Crippen molar-refractivity contribution in [2.75, 3.05) is 13.7 Å². The molecule has 0 radical (unpaired) electrons. The molecule has 0 aromatic rings. The Bertz CT molecular complexity index is 305. The second kappa shape index (κ2) is 7.82. The molecular weight excluding hydrogens is 260 g/mol. The highest BCUT2D eigenvalue weighted by molar-refractivity contribution is 6.74. The van der Waals surface area contributed by atoms with Crippen molar-refractivity contribution in [2.24, 2.45) is 0 Å². The summed E-state index contributed by atoms with van der Waals surface area (Å²) in [4.78, 5) is 11.4. The molecule has 0 aliphatic rings. The van der Waals surface area contributed by atoms with Crippen LogP contribution in [0.1, 0.15) is 33.6 Å². The van der Waals surface area contributed by atoms with Gasteiger partial charge >= 0.3 is 5.97 Å². The van der Waals surface area contributed by atoms with Crippen LogP contribution in [0.5, 0.6) is 0 Å². The third kappa shape index (κ3) is 6.89. The Hall–Kier alpha value is -0.653. The van der Waals surface area contributed by atoms with Gasteiger partial charge in [0.25, 0.3) is 0 Å². The van der Waals surface area contributed by atoms with Crippen molar-refractivity contribution < 1.29 is 19.1 Å². The fourth-order valence-electron chi connectivity index (χ4n) is 1.36. The minimum absolute atomic E-state index is 0.00500. The van der Waals surface area contributed by atoms with Crippen molar-refractivity contribution in [1.82, 2.24) is 0 Å². The van der Waals surface area contributed by atoms with Crippen LogP contribution in [0.15, 0.2) is 12.2 Å². The van der Waals surface area contributed by atoms with Crippen LogP contribution in [0, 0.1) is 0 Å². The molecule has 112 valence electrons. The third-order valence-electron chi connectivity index (χ3n) is 3.56. The molecule has 0 saturated carbocycles. The van der Waals surface area contributed by atoms with Crippen LogP contribution >= 0.6 is 0 Å². The summed E-state index contributed by atoms with van der Waals surface area (Å²) in [6.45, 7) is 10.8. The molecule has 19 heavy (non-hydrogen) atoms. The lowest BCUT2D eigenvalue weighted by Gasteiger charge is -2.39. The zero-order valence-electron chi connectivity index (χ0n) is 13.0. The van der Waals surface area contributed by atoms with Crippen LogP contribution in [-0.2, 0) is 14.0 Å². The summed E-state index contributed by atoms with van der Waals surface area (Å²) >= 11 is 0. The molecule has 0 saturated heterocycles. The first-order valence-corrected chi connectivity index (χ1v) is 9.55. The molecule has 0 spiro atoms. The van der Waals surface area contributed by atoms with Gasteiger partial charge in [0.2, 0.25) is 0 Å². The molecule has 0 amide bonds. The molecular formula is C14H28O4Si. The number of rotatable bonds is 7. The second-order valence-electron chi connectivity index (χ2n) is 6.17. The number of ether oxygens (including phenoxy) is 1. The van der Waals surface area contributed by atoms with E-state index in [0.717, 1.165) is 0 Å². The summed E-state index contributed by atoms with van der Waals surface area (Å²) in [6.07, 6.45) is 4.19. The molecule has 0 heterocycles. The zero-order valence-corrected chi connectivity index (χ0v) is 14.0. The lowest BCUT2D eigenvalue weighted by atomic mass is 10.2. The number of methoxy groups -OCH3 is 1. The van der Waals surface area contributed by atoms with E-state index in [2.05, 4.69) is 33.9 Å². The van der Waals surface area contributed by atoms with Crippen LogP contribution in [0.3, 0.4) is 0 Å². The van der Waals surface area contributed by atoms with Crippen LogP contribution in [-0.4, -0.2) is 39.2 Å². The molecule has 0 aromatic carbocycles. The van der Waals surface area contributed by atoms with Crippen molar-refractivity contribution in [1.29, 1.82) is 0 Å². The largest absolute Gasteiger partial charge is 0.469 e. The maximum absolute atomic E-state index is 11.4. The summed E-state index contributed by atoms with van der Waals surface area (Å²) in [5.41, 5.74) is 0. The second-order valence-corrected chi connectivity index (χ2v) is 10.9. The zero-order chi connectivity index (χ0) is 15.1. The minimum Gasteiger partial charge on any atom is -0.469 e. The van der Waals surface area contributed by atoms with Crippen LogP contribution in [0.25, 0.3) is 0 Å². The first-order chi connectivity index (χ1) is 8.64. The summed E-state index contributed by atoms with van der Waals surface area (Å²) in [5.74, 6) is -0.263. The number of aliphatic hydroxyl groups is 1. The molecule has 5 heteroatoms. The lowest BCUT2D eigenvalue weighted by molar-refractivity contribution is -0.142. The lowest BCUT2D eigenvalue weighted by Crippen LogP contribution is -2.44. The number of hydrogen-bond donors (Lipinski definition) is 1. The van der Waals surface area contributed by atoms with Gasteiger partial charge in [-0.2, -0.15) is 0 Å². The first kappa shape index (κ1) is 18.3. The van der Waals surface area contributed by atoms with E-state index in [1.807, 2.05) is 6.08 Å². The topological polar surface area (TPSA) is 55.8 Å². The predicted octanol–water partition coefficient (Wildman–Crippen LogP) is 2.88. The van der Waals surface area contributed by atoms with Gasteiger partial charge in [0.1, 0.15) is 0 Å². The van der Waals surface area contributed by atoms with Crippen molar-refractivity contribution in [3.8, 4) is 0 Å². The summed E-state index contributed by atoms with van der Waals surface area (Å²) in [7, 11) is -0.528. The monoisotopic (exact) mass is 288 g/mol. The van der Waals surface area contributed by atoms with E-state index < -0.39 is 8.32 Å². The molecule has 0 fully saturated rings. The fraction of sp³-hybridized carbons (Fsp3) is 0.786. The Morgan fingerprint density at radius 3 is 2.32 bits per heavy atom. The summed E-state index contributed by atoms with van der Waals surface area (Å²) in [5, 5.41) is 8.86. The molecule has 0 aliphatic carbocycles. The van der Waals surface area contributed by atoms with Gasteiger partial charge in [0.15, 0.2) is 8.32 Å². The highest BCUT2D eigenvalue weighted by atomic mass is 28.4. The third-order valence-corrected chi connectivity index (χ3v) is 8.10. The molecule has 0 aromatic heterocycles. The number of aliphatic hydroxyl groups excluding tert-OH is 1. The van der Waals surface area contributed by atoms with Gasteiger partial charge in [-0.3, -0.25) is 4.79 Å². The normalized spacial score (nSPS) is 14.7. The SMILES string of the molecule is COC(=O)CC(C/C=C/CO)O[Si](C)(C)C(C)(C)C. The maximum Gasteiger partial charge on any atom is 0.308 e. The quantitative estimate of drug-likeness (QED) is 0.444. The smallest absolute Gasteiger partial charge is 0.308 e. The molecule has 0 bridgehead atoms. The molecule has 0 rings (SSSR count). The van der Waals surface area contributed by atoms with E-state index in [9.17, 15) is 4.79 Å². The van der Waals surface area contributed by atoms with Crippen LogP contribution in [0.4, 0.5) is 0 Å². The van der Waals surface area contributed by atoms with Crippen molar-refractivity contribution in [3.05, 3.63) is 12.2 Å². The van der Waals surface area contributed by atoms with E-state index in [-0.39, 0.29) is 30.1 Å². The number of hydrogen-bond acceptors (Lipinski definition) is 4. The molecule has 0 aliphatic heterocycles. The average molecular weight is 288 g/mol. The predicted molar refractivity (Wildman–Crippen MR) is 79.5 cm³/mol. The highest BCUT2D eigenvalue weighted by Crippen LogP contribution is 2.38. The standard InChI is InChI=1S/C14H28O4Si/c1-14(2,3)19(5,6)18-12(9-7-8-10-15)11-13(16)17-4/h7-8,12,15H,9-11H2,1-6H3/b8-7+. The molecule has 4 nitrogen and oxygen atoms in total. The Kier molecular flexibility index (Phi) is 7.55. The van der Waals surface area contributed by atoms with Gasteiger partial charge in [0, 0.05) is 0 Å². The Labute approximate surface area is 117 Å². The van der Waals surface area contributed by atoms with Crippen molar-refractivity contribution >= 4 is 14.3 Å². The van der Waals surface area contributed by atoms with Gasteiger partial charge in [-0.1, -0.05) is 32.9 Å². The fourth-order valence-corrected chi connectivity index (χ4v) is 2.72. The van der Waals surface area contributed by atoms with Crippen LogP contribution in [0.2, 0.25) is 18.1 Å². The Morgan fingerprint density at radius 2 is 1.89 bits per heavy atom. The van der Waals surface area contributed by atoms with Gasteiger partial charge < -0.3 is 14.3 Å². The number of carbonyl (C=O) groups excluding carboxylic acids is 1. The van der Waals surface area contributed by atoms with Gasteiger partial charge in [-0.15, -0.1) is 0 Å². The molecule has 1 unspecified atom stereocenters. The van der Waals surface area contributed by atoms with E-state index >= 15 is 0 Å². The highest BCUT2D eigenvalue weighted by Gasteiger charge is 2.39. The molecule has 1 N–H and O–H groups in total. The summed E-state index contributed by atoms with van der Waals surface area (Å²) in [6, 6.07) is 0. The number of carbonyl (C=O) groups is 1. The van der Waals surface area contributed by atoms with Crippen molar-refractivity contribution in [3.63, 3.8) is 0 Å². The Balaban J connectivity index is 4.74. The van der Waals surface area contributed by atoms with E-state index in [1.165, 1.54) is 7.11 Å².